The molecule has 1 heterocycles. The first-order valence-electron chi connectivity index (χ1n) is 7.87. The van der Waals surface area contributed by atoms with Crippen LogP contribution in [-0.4, -0.2) is 41.9 Å². The van der Waals surface area contributed by atoms with Crippen LogP contribution in [-0.2, 0) is 14.3 Å². The molecule has 2 N–H and O–H groups in total. The highest BCUT2D eigenvalue weighted by molar-refractivity contribution is 5.78. The number of alkyl halides is 3. The smallest absolute Gasteiger partial charge is 0.391 e. The zero-order valence-electron chi connectivity index (χ0n) is 12.8. The quantitative estimate of drug-likeness (QED) is 0.808. The number of rotatable bonds is 5. The van der Waals surface area contributed by atoms with E-state index in [4.69, 9.17) is 9.84 Å². The van der Waals surface area contributed by atoms with E-state index in [1.54, 1.807) is 0 Å². The number of aliphatic carboxylic acids is 1. The molecule has 1 aliphatic carbocycles. The molecule has 0 radical (unpaired) electrons. The number of hydrogen-bond donors (Lipinski definition) is 2. The molecule has 1 saturated heterocycles. The van der Waals surface area contributed by atoms with E-state index in [-0.39, 0.29) is 44.1 Å². The summed E-state index contributed by atoms with van der Waals surface area (Å²) in [5.41, 5.74) is -0.883. The van der Waals surface area contributed by atoms with Crippen LogP contribution >= 0.6 is 0 Å². The summed E-state index contributed by atoms with van der Waals surface area (Å²) in [5, 5.41) is 11.7. The summed E-state index contributed by atoms with van der Waals surface area (Å²) >= 11 is 0. The van der Waals surface area contributed by atoms with Crippen LogP contribution in [0.3, 0.4) is 0 Å². The van der Waals surface area contributed by atoms with Gasteiger partial charge < -0.3 is 15.2 Å². The summed E-state index contributed by atoms with van der Waals surface area (Å²) in [7, 11) is 0. The van der Waals surface area contributed by atoms with Gasteiger partial charge in [-0.3, -0.25) is 9.59 Å². The van der Waals surface area contributed by atoms with Crippen molar-refractivity contribution in [2.45, 2.75) is 56.7 Å². The van der Waals surface area contributed by atoms with Crippen LogP contribution in [0.1, 0.15) is 44.9 Å². The molecule has 2 rings (SSSR count). The maximum absolute atomic E-state index is 12.6. The minimum Gasteiger partial charge on any atom is -0.481 e. The van der Waals surface area contributed by atoms with Gasteiger partial charge in [-0.2, -0.15) is 13.2 Å². The average molecular weight is 337 g/mol. The molecule has 1 unspecified atom stereocenters. The van der Waals surface area contributed by atoms with Gasteiger partial charge in [0.05, 0.1) is 24.5 Å². The van der Waals surface area contributed by atoms with Gasteiger partial charge in [0.15, 0.2) is 0 Å². The van der Waals surface area contributed by atoms with Crippen LogP contribution in [0, 0.1) is 11.8 Å². The number of carbonyl (C=O) groups excluding carboxylic acids is 1. The van der Waals surface area contributed by atoms with Crippen LogP contribution in [0.5, 0.6) is 0 Å². The second-order valence-corrected chi connectivity index (χ2v) is 6.66. The highest BCUT2D eigenvalue weighted by Gasteiger charge is 2.42. The Bertz CT molecular complexity index is 438. The van der Waals surface area contributed by atoms with Gasteiger partial charge in [-0.1, -0.05) is 0 Å². The molecule has 0 bridgehead atoms. The Morgan fingerprint density at radius 1 is 1.22 bits per heavy atom. The largest absolute Gasteiger partial charge is 0.481 e. The number of carboxylic acids is 1. The van der Waals surface area contributed by atoms with Crippen molar-refractivity contribution in [3.05, 3.63) is 0 Å². The molecule has 0 aromatic rings. The normalized spacial score (nSPS) is 31.8. The van der Waals surface area contributed by atoms with Crippen LogP contribution in [0.15, 0.2) is 0 Å². The Morgan fingerprint density at radius 3 is 2.35 bits per heavy atom. The van der Waals surface area contributed by atoms with Crippen molar-refractivity contribution < 1.29 is 32.6 Å². The van der Waals surface area contributed by atoms with Gasteiger partial charge in [-0.15, -0.1) is 0 Å². The lowest BCUT2D eigenvalue weighted by Crippen LogP contribution is -2.51. The fourth-order valence-corrected chi connectivity index (χ4v) is 3.48. The molecule has 8 heteroatoms. The van der Waals surface area contributed by atoms with Crippen LogP contribution in [0.4, 0.5) is 13.2 Å². The summed E-state index contributed by atoms with van der Waals surface area (Å²) in [4.78, 5) is 23.1. The predicted molar refractivity (Wildman–Crippen MR) is 74.7 cm³/mol. The first-order chi connectivity index (χ1) is 10.7. The molecule has 0 aromatic heterocycles. The van der Waals surface area contributed by atoms with Crippen molar-refractivity contribution in [2.24, 2.45) is 11.8 Å². The maximum atomic E-state index is 12.6. The third kappa shape index (κ3) is 5.09. The van der Waals surface area contributed by atoms with Crippen LogP contribution < -0.4 is 5.32 Å². The lowest BCUT2D eigenvalue weighted by Gasteiger charge is -2.31. The molecular formula is C15H22F3NO4. The first-order valence-corrected chi connectivity index (χ1v) is 7.87. The molecule has 1 atom stereocenters. The third-order valence-corrected chi connectivity index (χ3v) is 4.78. The first kappa shape index (κ1) is 18.0. The molecule has 2 fully saturated rings. The highest BCUT2D eigenvalue weighted by Crippen LogP contribution is 2.40. The van der Waals surface area contributed by atoms with Gasteiger partial charge in [0.25, 0.3) is 0 Å². The van der Waals surface area contributed by atoms with E-state index in [0.717, 1.165) is 0 Å². The monoisotopic (exact) mass is 337 g/mol. The molecular weight excluding hydrogens is 315 g/mol. The number of amides is 1. The number of nitrogens with one attached hydrogen (secondary N) is 1. The van der Waals surface area contributed by atoms with Gasteiger partial charge in [0.2, 0.25) is 5.91 Å². The fourth-order valence-electron chi connectivity index (χ4n) is 3.48. The van der Waals surface area contributed by atoms with E-state index in [1.165, 1.54) is 0 Å². The average Bonchev–Trinajstić information content (AvgIpc) is 2.85. The molecule has 0 spiro atoms. The van der Waals surface area contributed by atoms with Crippen molar-refractivity contribution in [3.63, 3.8) is 0 Å². The van der Waals surface area contributed by atoms with E-state index in [9.17, 15) is 22.8 Å². The van der Waals surface area contributed by atoms with E-state index >= 15 is 0 Å². The molecule has 1 amide bonds. The van der Waals surface area contributed by atoms with E-state index in [1.807, 2.05) is 0 Å². The molecule has 23 heavy (non-hydrogen) atoms. The summed E-state index contributed by atoms with van der Waals surface area (Å²) in [6, 6.07) is 0. The second kappa shape index (κ2) is 7.07. The second-order valence-electron chi connectivity index (χ2n) is 6.66. The lowest BCUT2D eigenvalue weighted by molar-refractivity contribution is -0.184. The summed E-state index contributed by atoms with van der Waals surface area (Å²) < 4.78 is 43.1. The SMILES string of the molecule is O=C(O)CC1(NC(=O)CC2CCC(C(F)(F)F)CC2)CCOC1. The van der Waals surface area contributed by atoms with Crippen LogP contribution in [0.25, 0.3) is 0 Å². The Hall–Kier alpha value is -1.31. The zero-order valence-corrected chi connectivity index (χ0v) is 12.8. The fraction of sp³-hybridized carbons (Fsp3) is 0.867. The standard InChI is InChI=1S/C15H22F3NO4/c16-15(17,18)11-3-1-10(2-4-11)7-12(20)19-14(8-13(21)22)5-6-23-9-14/h10-11H,1-9H2,(H,19,20)(H,21,22). The van der Waals surface area contributed by atoms with Crippen molar-refractivity contribution in [1.82, 2.24) is 5.32 Å². The van der Waals surface area contributed by atoms with Crippen molar-refractivity contribution in [2.75, 3.05) is 13.2 Å². The summed E-state index contributed by atoms with van der Waals surface area (Å²) in [6.07, 6.45) is -2.91. The Kier molecular flexibility index (Phi) is 5.54. The summed E-state index contributed by atoms with van der Waals surface area (Å²) in [5.74, 6) is -2.64. The Morgan fingerprint density at radius 2 is 1.87 bits per heavy atom. The maximum Gasteiger partial charge on any atom is 0.391 e. The minimum atomic E-state index is -4.15. The number of halogens is 3. The molecule has 1 saturated carbocycles. The van der Waals surface area contributed by atoms with Crippen LogP contribution in [0.2, 0.25) is 0 Å². The molecule has 5 nitrogen and oxygen atoms in total. The topological polar surface area (TPSA) is 75.6 Å². The number of carbonyl (C=O) groups is 2. The predicted octanol–water partition coefficient (Wildman–Crippen LogP) is 2.50. The van der Waals surface area contributed by atoms with E-state index < -0.39 is 23.6 Å². The zero-order chi connectivity index (χ0) is 17.1. The van der Waals surface area contributed by atoms with Gasteiger partial charge in [0.1, 0.15) is 0 Å². The molecule has 132 valence electrons. The Labute approximate surface area is 132 Å². The lowest BCUT2D eigenvalue weighted by atomic mass is 9.80. The number of ether oxygens (including phenoxy) is 1. The molecule has 2 aliphatic rings. The molecule has 0 aromatic carbocycles. The minimum absolute atomic E-state index is 0.0603. The summed E-state index contributed by atoms with van der Waals surface area (Å²) in [6.45, 7) is 0.552. The van der Waals surface area contributed by atoms with Gasteiger partial charge in [0, 0.05) is 13.0 Å². The Balaban J connectivity index is 1.82. The van der Waals surface area contributed by atoms with Gasteiger partial charge in [-0.05, 0) is 38.0 Å². The van der Waals surface area contributed by atoms with Crippen molar-refractivity contribution in [1.29, 1.82) is 0 Å². The van der Waals surface area contributed by atoms with E-state index in [2.05, 4.69) is 5.32 Å². The van der Waals surface area contributed by atoms with Crippen molar-refractivity contribution in [3.8, 4) is 0 Å². The third-order valence-electron chi connectivity index (χ3n) is 4.78. The number of hydrogen-bond acceptors (Lipinski definition) is 3. The van der Waals surface area contributed by atoms with Gasteiger partial charge >= 0.3 is 12.1 Å². The van der Waals surface area contributed by atoms with Crippen molar-refractivity contribution >= 4 is 11.9 Å². The number of carboxylic acid groups (broad SMARTS) is 1. The highest BCUT2D eigenvalue weighted by atomic mass is 19.4. The van der Waals surface area contributed by atoms with Gasteiger partial charge in [-0.25, -0.2) is 0 Å². The van der Waals surface area contributed by atoms with E-state index in [0.29, 0.717) is 25.9 Å². The molecule has 1 aliphatic heterocycles.